The number of fused-ring (bicyclic) bond motifs is 1. The van der Waals surface area contributed by atoms with E-state index in [1.165, 1.54) is 0 Å². The number of rotatable bonds is 14. The summed E-state index contributed by atoms with van der Waals surface area (Å²) in [5.41, 5.74) is 7.18. The van der Waals surface area contributed by atoms with Crippen LogP contribution in [0.3, 0.4) is 0 Å². The molecule has 0 spiro atoms. The number of aryl methyl sites for hydroxylation is 1. The largest absolute Gasteiger partial charge is 0.470 e. The van der Waals surface area contributed by atoms with Gasteiger partial charge in [0.2, 0.25) is 11.8 Å². The first kappa shape index (κ1) is 29.1. The van der Waals surface area contributed by atoms with E-state index >= 15 is 0 Å². The molecule has 38 heavy (non-hydrogen) atoms. The van der Waals surface area contributed by atoms with Crippen molar-refractivity contribution in [3.05, 3.63) is 27.1 Å². The third kappa shape index (κ3) is 7.39. The summed E-state index contributed by atoms with van der Waals surface area (Å²) < 4.78 is 19.7. The zero-order valence-corrected chi connectivity index (χ0v) is 23.3. The molecule has 14 heteroatoms. The number of aliphatic hydroxyl groups excluding tert-OH is 4. The van der Waals surface area contributed by atoms with E-state index < -0.39 is 37.3 Å². The normalized spacial score (nSPS) is 23.8. The summed E-state index contributed by atoms with van der Waals surface area (Å²) in [5.74, 6) is 0.522. The molecule has 0 aromatic carbocycles. The van der Waals surface area contributed by atoms with Crippen molar-refractivity contribution >= 4 is 44.4 Å². The Morgan fingerprint density at radius 3 is 2.55 bits per heavy atom. The summed E-state index contributed by atoms with van der Waals surface area (Å²) in [6, 6.07) is 2.00. The summed E-state index contributed by atoms with van der Waals surface area (Å²) in [6.45, 7) is 1.01. The third-order valence-corrected chi connectivity index (χ3v) is 8.02. The third-order valence-electron chi connectivity index (χ3n) is 6.35. The highest BCUT2D eigenvalue weighted by atomic mass is 79.9. The standard InChI is InChI=1S/C24H34BrN5O7S/c25-14-9-15(38-12-14)11-36-22-17-21(28-24(26)29-22)30(13-27-17)7-5-3-1-2-4-6-8-35-23-20(34)19(33)18(32)16(10-31)37-23/h9,12-13,16,18-20,23,31-34H,1-8,10-11H2,(H2,26,28,29)/t16-,18-,19-,20-,23+/m1/s1. The van der Waals surface area contributed by atoms with Crippen LogP contribution >= 0.6 is 27.3 Å². The highest BCUT2D eigenvalue weighted by Gasteiger charge is 2.43. The van der Waals surface area contributed by atoms with Gasteiger partial charge in [0.1, 0.15) is 31.0 Å². The topological polar surface area (TPSA) is 178 Å². The van der Waals surface area contributed by atoms with Crippen LogP contribution < -0.4 is 10.5 Å². The second-order valence-electron chi connectivity index (χ2n) is 9.21. The van der Waals surface area contributed by atoms with Gasteiger partial charge >= 0.3 is 0 Å². The van der Waals surface area contributed by atoms with E-state index in [4.69, 9.17) is 19.9 Å². The molecule has 0 radical (unpaired) electrons. The number of ether oxygens (including phenoxy) is 3. The summed E-state index contributed by atoms with van der Waals surface area (Å²) in [7, 11) is 0. The van der Waals surface area contributed by atoms with Crippen LogP contribution in [0.5, 0.6) is 5.88 Å². The van der Waals surface area contributed by atoms with Gasteiger partial charge in [0.25, 0.3) is 0 Å². The average molecular weight is 617 g/mol. The van der Waals surface area contributed by atoms with Crippen molar-refractivity contribution in [1.29, 1.82) is 0 Å². The Hall–Kier alpha value is -1.91. The Morgan fingerprint density at radius 1 is 1.05 bits per heavy atom. The maximum atomic E-state index is 10.00. The molecule has 4 heterocycles. The van der Waals surface area contributed by atoms with Gasteiger partial charge < -0.3 is 44.9 Å². The molecule has 1 aliphatic heterocycles. The first-order valence-corrected chi connectivity index (χ1v) is 14.3. The molecular formula is C24H34BrN5O7S. The average Bonchev–Trinajstić information content (AvgIpc) is 3.51. The Labute approximate surface area is 232 Å². The molecule has 3 aromatic heterocycles. The molecule has 5 atom stereocenters. The molecule has 4 rings (SSSR count). The molecule has 1 saturated heterocycles. The second-order valence-corrected chi connectivity index (χ2v) is 11.1. The maximum absolute atomic E-state index is 10.00. The molecule has 6 N–H and O–H groups in total. The Balaban J connectivity index is 1.14. The van der Waals surface area contributed by atoms with Crippen molar-refractivity contribution in [2.24, 2.45) is 0 Å². The fourth-order valence-electron chi connectivity index (χ4n) is 4.26. The number of nitrogen functional groups attached to an aromatic ring is 1. The minimum Gasteiger partial charge on any atom is -0.470 e. The van der Waals surface area contributed by atoms with Gasteiger partial charge in [-0.05, 0) is 34.8 Å². The van der Waals surface area contributed by atoms with E-state index in [1.54, 1.807) is 17.7 Å². The van der Waals surface area contributed by atoms with Gasteiger partial charge in [-0.3, -0.25) is 0 Å². The van der Waals surface area contributed by atoms with E-state index in [2.05, 4.69) is 30.9 Å². The molecule has 0 aliphatic carbocycles. The van der Waals surface area contributed by atoms with Crippen LogP contribution in [0.2, 0.25) is 0 Å². The number of nitrogens with two attached hydrogens (primary N) is 1. The predicted octanol–water partition coefficient (Wildman–Crippen LogP) is 1.97. The van der Waals surface area contributed by atoms with Crippen molar-refractivity contribution < 1.29 is 34.6 Å². The zero-order chi connectivity index (χ0) is 27.1. The lowest BCUT2D eigenvalue weighted by atomic mass is 9.99. The quantitative estimate of drug-likeness (QED) is 0.167. The van der Waals surface area contributed by atoms with Crippen molar-refractivity contribution in [2.45, 2.75) is 82.4 Å². The molecule has 12 nitrogen and oxygen atoms in total. The Bertz CT molecular complexity index is 1160. The molecule has 1 fully saturated rings. The number of halogens is 1. The predicted molar refractivity (Wildman–Crippen MR) is 144 cm³/mol. The summed E-state index contributed by atoms with van der Waals surface area (Å²) in [4.78, 5) is 14.1. The van der Waals surface area contributed by atoms with E-state index in [-0.39, 0.29) is 5.95 Å². The summed E-state index contributed by atoms with van der Waals surface area (Å²) in [6.07, 6.45) is 1.31. The number of aliphatic hydroxyl groups is 4. The van der Waals surface area contributed by atoms with Crippen molar-refractivity contribution in [3.63, 3.8) is 0 Å². The van der Waals surface area contributed by atoms with Crippen LogP contribution in [0.4, 0.5) is 5.95 Å². The molecular weight excluding hydrogens is 582 g/mol. The lowest BCUT2D eigenvalue weighted by Crippen LogP contribution is -2.59. The van der Waals surface area contributed by atoms with Crippen molar-refractivity contribution in [1.82, 2.24) is 19.5 Å². The fraction of sp³-hybridized carbons (Fsp3) is 0.625. The first-order valence-electron chi connectivity index (χ1n) is 12.6. The van der Waals surface area contributed by atoms with Crippen LogP contribution in [0, 0.1) is 0 Å². The molecule has 210 valence electrons. The number of nitrogens with zero attached hydrogens (tertiary/aromatic N) is 4. The van der Waals surface area contributed by atoms with Crippen LogP contribution in [-0.4, -0.2) is 83.9 Å². The first-order chi connectivity index (χ1) is 18.4. The number of unbranched alkanes of at least 4 members (excludes halogenated alkanes) is 5. The van der Waals surface area contributed by atoms with Crippen LogP contribution in [0.1, 0.15) is 43.4 Å². The number of thiophene rings is 1. The van der Waals surface area contributed by atoms with Gasteiger partial charge in [-0.15, -0.1) is 11.3 Å². The number of aromatic nitrogens is 4. The minimum atomic E-state index is -1.42. The van der Waals surface area contributed by atoms with Gasteiger partial charge in [-0.25, -0.2) is 4.98 Å². The number of anilines is 1. The second kappa shape index (κ2) is 13.9. The molecule has 0 unspecified atom stereocenters. The lowest BCUT2D eigenvalue weighted by molar-refractivity contribution is -0.301. The van der Waals surface area contributed by atoms with Crippen LogP contribution in [0.25, 0.3) is 11.2 Å². The maximum Gasteiger partial charge on any atom is 0.247 e. The number of hydrogen-bond acceptors (Lipinski definition) is 12. The number of imidazole rings is 1. The highest BCUT2D eigenvalue weighted by molar-refractivity contribution is 9.10. The van der Waals surface area contributed by atoms with Crippen molar-refractivity contribution in [2.75, 3.05) is 18.9 Å². The van der Waals surface area contributed by atoms with Crippen molar-refractivity contribution in [3.8, 4) is 5.88 Å². The van der Waals surface area contributed by atoms with E-state index in [1.807, 2.05) is 16.0 Å². The van der Waals surface area contributed by atoms with Gasteiger partial charge in [-0.2, -0.15) is 9.97 Å². The highest BCUT2D eigenvalue weighted by Crippen LogP contribution is 2.26. The SMILES string of the molecule is Nc1nc(OCc2cc(Br)cs2)c2ncn(CCCCCCCCO[C@H]3O[C@H](CO)[C@@H](O)[C@@H](O)[C@H]3O)c2n1. The molecule has 1 aliphatic rings. The van der Waals surface area contributed by atoms with Crippen LogP contribution in [0.15, 0.2) is 22.2 Å². The minimum absolute atomic E-state index is 0.146. The van der Waals surface area contributed by atoms with Crippen LogP contribution in [-0.2, 0) is 22.6 Å². The Morgan fingerprint density at radius 2 is 1.82 bits per heavy atom. The summed E-state index contributed by atoms with van der Waals surface area (Å²) >= 11 is 5.03. The molecule has 3 aromatic rings. The van der Waals surface area contributed by atoms with Gasteiger partial charge in [0, 0.05) is 27.9 Å². The van der Waals surface area contributed by atoms with Gasteiger partial charge in [0.05, 0.1) is 12.9 Å². The van der Waals surface area contributed by atoms with Gasteiger partial charge in [0.15, 0.2) is 17.5 Å². The van der Waals surface area contributed by atoms with E-state index in [9.17, 15) is 20.4 Å². The van der Waals surface area contributed by atoms with E-state index in [0.29, 0.717) is 30.3 Å². The lowest BCUT2D eigenvalue weighted by Gasteiger charge is -2.39. The fourth-order valence-corrected chi connectivity index (χ4v) is 5.63. The Kier molecular flexibility index (Phi) is 10.7. The summed E-state index contributed by atoms with van der Waals surface area (Å²) in [5, 5.41) is 40.9. The number of hydrogen-bond donors (Lipinski definition) is 5. The molecule has 0 amide bonds. The molecule has 0 bridgehead atoms. The zero-order valence-electron chi connectivity index (χ0n) is 20.9. The van der Waals surface area contributed by atoms with E-state index in [0.717, 1.165) is 54.4 Å². The smallest absolute Gasteiger partial charge is 0.247 e. The monoisotopic (exact) mass is 615 g/mol. The van der Waals surface area contributed by atoms with Gasteiger partial charge in [-0.1, -0.05) is 25.7 Å². The molecule has 0 saturated carbocycles.